The third-order valence-electron chi connectivity index (χ3n) is 2.98. The Morgan fingerprint density at radius 2 is 2.00 bits per heavy atom. The van der Waals surface area contributed by atoms with Crippen molar-refractivity contribution in [3.05, 3.63) is 23.8 Å². The summed E-state index contributed by atoms with van der Waals surface area (Å²) >= 11 is 0. The minimum atomic E-state index is -1.09. The number of carbonyl (C=O) groups excluding carboxylic acids is 1. The Labute approximate surface area is 103 Å². The monoisotopic (exact) mass is 252 g/mol. The van der Waals surface area contributed by atoms with Gasteiger partial charge in [-0.25, -0.2) is 0 Å². The highest BCUT2D eigenvalue weighted by Crippen LogP contribution is 2.20. The molecule has 0 spiro atoms. The number of hydrogen-bond acceptors (Lipinski definition) is 3. The minimum absolute atomic E-state index is 0.0488. The molecule has 2 rings (SSSR count). The minimum Gasteiger partial charge on any atom is -0.398 e. The van der Waals surface area contributed by atoms with Gasteiger partial charge in [0.2, 0.25) is 0 Å². The van der Waals surface area contributed by atoms with E-state index >= 15 is 0 Å². The molecule has 2 N–H and O–H groups in total. The van der Waals surface area contributed by atoms with Crippen molar-refractivity contribution in [2.24, 2.45) is 0 Å². The molecule has 4 nitrogen and oxygen atoms in total. The molecule has 1 aliphatic rings. The number of hydrogen-bond donors (Lipinski definition) is 1. The van der Waals surface area contributed by atoms with Crippen LogP contribution in [0.3, 0.4) is 0 Å². The number of carbonyl (C=O) groups is 1. The van der Waals surface area contributed by atoms with Gasteiger partial charge in [0, 0.05) is 40.7 Å². The number of benzene rings is 1. The second-order valence-electron chi connectivity index (χ2n) is 4.20. The molecule has 1 heterocycles. The van der Waals surface area contributed by atoms with E-state index in [9.17, 15) is 9.00 Å². The van der Waals surface area contributed by atoms with Crippen molar-refractivity contribution in [3.8, 4) is 0 Å². The number of rotatable bonds is 2. The van der Waals surface area contributed by atoms with E-state index < -0.39 is 10.8 Å². The number of nitrogens with two attached hydrogens (primary N) is 1. The molecule has 1 aliphatic heterocycles. The van der Waals surface area contributed by atoms with E-state index in [1.54, 1.807) is 29.4 Å². The van der Waals surface area contributed by atoms with Gasteiger partial charge in [-0.05, 0) is 31.0 Å². The molecule has 1 aromatic rings. The molecule has 5 heteroatoms. The molecule has 1 atom stereocenters. The van der Waals surface area contributed by atoms with Crippen LogP contribution in [-0.4, -0.2) is 34.4 Å². The number of likely N-dealkylation sites (tertiary alicyclic amines) is 1. The Morgan fingerprint density at radius 1 is 1.35 bits per heavy atom. The summed E-state index contributed by atoms with van der Waals surface area (Å²) in [4.78, 5) is 14.6. The quantitative estimate of drug-likeness (QED) is 0.805. The van der Waals surface area contributed by atoms with Crippen molar-refractivity contribution >= 4 is 22.4 Å². The molecule has 0 aliphatic carbocycles. The first-order chi connectivity index (χ1) is 8.09. The van der Waals surface area contributed by atoms with Crippen molar-refractivity contribution in [2.75, 3.05) is 25.1 Å². The van der Waals surface area contributed by atoms with Gasteiger partial charge in [-0.2, -0.15) is 0 Å². The van der Waals surface area contributed by atoms with Crippen LogP contribution in [0.25, 0.3) is 0 Å². The Kier molecular flexibility index (Phi) is 3.47. The summed E-state index contributed by atoms with van der Waals surface area (Å²) in [6, 6.07) is 5.00. The Balaban J connectivity index is 2.32. The number of nitrogen functional groups attached to an aromatic ring is 1. The fourth-order valence-electron chi connectivity index (χ4n) is 1.99. The van der Waals surface area contributed by atoms with Gasteiger partial charge in [-0.15, -0.1) is 0 Å². The highest BCUT2D eigenvalue weighted by atomic mass is 32.2. The van der Waals surface area contributed by atoms with E-state index in [0.29, 0.717) is 16.1 Å². The van der Waals surface area contributed by atoms with E-state index in [1.165, 1.54) is 0 Å². The maximum atomic E-state index is 12.2. The first kappa shape index (κ1) is 12.1. The van der Waals surface area contributed by atoms with Crippen molar-refractivity contribution in [3.63, 3.8) is 0 Å². The van der Waals surface area contributed by atoms with E-state index in [0.717, 1.165) is 25.9 Å². The smallest absolute Gasteiger partial charge is 0.255 e. The topological polar surface area (TPSA) is 63.4 Å². The lowest BCUT2D eigenvalue weighted by Gasteiger charge is -2.16. The van der Waals surface area contributed by atoms with Crippen LogP contribution in [0.4, 0.5) is 5.69 Å². The lowest BCUT2D eigenvalue weighted by molar-refractivity contribution is 0.0793. The normalized spacial score (nSPS) is 17.1. The molecule has 1 unspecified atom stereocenters. The molecular formula is C12H16N2O2S. The van der Waals surface area contributed by atoms with Crippen LogP contribution in [0.15, 0.2) is 23.1 Å². The first-order valence-electron chi connectivity index (χ1n) is 5.62. The zero-order valence-corrected chi connectivity index (χ0v) is 10.6. The Morgan fingerprint density at radius 3 is 2.59 bits per heavy atom. The van der Waals surface area contributed by atoms with E-state index in [-0.39, 0.29) is 5.91 Å². The maximum Gasteiger partial charge on any atom is 0.255 e. The van der Waals surface area contributed by atoms with Crippen LogP contribution in [0.1, 0.15) is 23.2 Å². The summed E-state index contributed by atoms with van der Waals surface area (Å²) in [5.41, 5.74) is 6.74. The van der Waals surface area contributed by atoms with Crippen molar-refractivity contribution < 1.29 is 9.00 Å². The summed E-state index contributed by atoms with van der Waals surface area (Å²) in [5.74, 6) is -0.0488. The average molecular weight is 252 g/mol. The molecule has 1 amide bonds. The summed E-state index contributed by atoms with van der Waals surface area (Å²) in [6.07, 6.45) is 3.69. The second kappa shape index (κ2) is 4.87. The SMILES string of the molecule is CS(=O)c1ccc(N)c(C(=O)N2CCCC2)c1. The molecular weight excluding hydrogens is 236 g/mol. The third-order valence-corrected chi connectivity index (χ3v) is 3.90. The van der Waals surface area contributed by atoms with Gasteiger partial charge in [0.05, 0.1) is 5.56 Å². The summed E-state index contributed by atoms with van der Waals surface area (Å²) < 4.78 is 11.4. The van der Waals surface area contributed by atoms with Crippen molar-refractivity contribution in [1.29, 1.82) is 0 Å². The highest BCUT2D eigenvalue weighted by molar-refractivity contribution is 7.84. The van der Waals surface area contributed by atoms with Crippen LogP contribution in [-0.2, 0) is 10.8 Å². The highest BCUT2D eigenvalue weighted by Gasteiger charge is 2.21. The number of anilines is 1. The fraction of sp³-hybridized carbons (Fsp3) is 0.417. The zero-order chi connectivity index (χ0) is 12.4. The third kappa shape index (κ3) is 2.49. The predicted molar refractivity (Wildman–Crippen MR) is 68.3 cm³/mol. The van der Waals surface area contributed by atoms with Crippen LogP contribution in [0.2, 0.25) is 0 Å². The summed E-state index contributed by atoms with van der Waals surface area (Å²) in [5, 5.41) is 0. The van der Waals surface area contributed by atoms with Gasteiger partial charge >= 0.3 is 0 Å². The number of amides is 1. The van der Waals surface area contributed by atoms with Crippen molar-refractivity contribution in [2.45, 2.75) is 17.7 Å². The maximum absolute atomic E-state index is 12.2. The molecule has 1 saturated heterocycles. The Bertz CT molecular complexity index is 468. The van der Waals surface area contributed by atoms with Crippen LogP contribution < -0.4 is 5.73 Å². The molecule has 1 fully saturated rings. The molecule has 92 valence electrons. The number of nitrogens with zero attached hydrogens (tertiary/aromatic N) is 1. The Hall–Kier alpha value is -1.36. The molecule has 17 heavy (non-hydrogen) atoms. The lowest BCUT2D eigenvalue weighted by atomic mass is 10.1. The van der Waals surface area contributed by atoms with Gasteiger partial charge in [0.25, 0.3) is 5.91 Å². The van der Waals surface area contributed by atoms with Gasteiger partial charge < -0.3 is 10.6 Å². The van der Waals surface area contributed by atoms with Gasteiger partial charge in [0.15, 0.2) is 0 Å². The molecule has 0 saturated carbocycles. The van der Waals surface area contributed by atoms with Crippen LogP contribution >= 0.6 is 0 Å². The lowest BCUT2D eigenvalue weighted by Crippen LogP contribution is -2.28. The predicted octanol–water partition coefficient (Wildman–Crippen LogP) is 1.24. The standard InChI is InChI=1S/C12H16N2O2S/c1-17(16)9-4-5-11(13)10(8-9)12(15)14-6-2-3-7-14/h4-5,8H,2-3,6-7,13H2,1H3. The molecule has 0 aromatic heterocycles. The van der Waals surface area contributed by atoms with Crippen molar-refractivity contribution in [1.82, 2.24) is 4.90 Å². The van der Waals surface area contributed by atoms with E-state index in [2.05, 4.69) is 0 Å². The second-order valence-corrected chi connectivity index (χ2v) is 5.58. The van der Waals surface area contributed by atoms with E-state index in [1.807, 2.05) is 0 Å². The summed E-state index contributed by atoms with van der Waals surface area (Å²) in [6.45, 7) is 1.58. The molecule has 1 aromatic carbocycles. The largest absolute Gasteiger partial charge is 0.398 e. The average Bonchev–Trinajstić information content (AvgIpc) is 2.81. The summed E-state index contributed by atoms with van der Waals surface area (Å²) in [7, 11) is -1.09. The van der Waals surface area contributed by atoms with Gasteiger partial charge in [-0.3, -0.25) is 9.00 Å². The first-order valence-corrected chi connectivity index (χ1v) is 7.17. The van der Waals surface area contributed by atoms with Gasteiger partial charge in [0.1, 0.15) is 0 Å². The van der Waals surface area contributed by atoms with Gasteiger partial charge in [-0.1, -0.05) is 0 Å². The van der Waals surface area contributed by atoms with Crippen LogP contribution in [0, 0.1) is 0 Å². The molecule has 0 bridgehead atoms. The fourth-order valence-corrected chi connectivity index (χ4v) is 2.53. The molecule has 0 radical (unpaired) electrons. The van der Waals surface area contributed by atoms with E-state index in [4.69, 9.17) is 5.73 Å². The zero-order valence-electron chi connectivity index (χ0n) is 9.81. The van der Waals surface area contributed by atoms with Crippen LogP contribution in [0.5, 0.6) is 0 Å².